The van der Waals surface area contributed by atoms with Crippen molar-refractivity contribution in [3.05, 3.63) is 12.4 Å². The maximum absolute atomic E-state index is 11.5. The SMILES string of the molecule is CNc1cncc(N2CCS(=O)(=O)CC2C)n1. The molecular formula is C10H16N4O2S. The molecule has 0 aromatic carbocycles. The summed E-state index contributed by atoms with van der Waals surface area (Å²) < 4.78 is 23.0. The van der Waals surface area contributed by atoms with Crippen LogP contribution in [0.1, 0.15) is 6.92 Å². The zero-order chi connectivity index (χ0) is 12.5. The van der Waals surface area contributed by atoms with Gasteiger partial charge in [0.1, 0.15) is 11.6 Å². The van der Waals surface area contributed by atoms with Gasteiger partial charge >= 0.3 is 0 Å². The predicted octanol–water partition coefficient (Wildman–Crippen LogP) is 0.142. The van der Waals surface area contributed by atoms with Gasteiger partial charge in [0.25, 0.3) is 0 Å². The van der Waals surface area contributed by atoms with Gasteiger partial charge in [-0.1, -0.05) is 0 Å². The summed E-state index contributed by atoms with van der Waals surface area (Å²) in [5.74, 6) is 1.77. The first-order valence-electron chi connectivity index (χ1n) is 5.49. The Morgan fingerprint density at radius 3 is 2.88 bits per heavy atom. The van der Waals surface area contributed by atoms with Gasteiger partial charge in [-0.25, -0.2) is 13.4 Å². The molecule has 1 aliphatic rings. The van der Waals surface area contributed by atoms with Crippen molar-refractivity contribution in [1.82, 2.24) is 9.97 Å². The van der Waals surface area contributed by atoms with Crippen molar-refractivity contribution < 1.29 is 8.42 Å². The molecule has 1 fully saturated rings. The maximum atomic E-state index is 11.5. The standard InChI is InChI=1S/C10H16N4O2S/c1-8-7-17(15,16)4-3-14(8)10-6-12-5-9(11-2)13-10/h5-6,8H,3-4,7H2,1-2H3,(H,11,13). The Balaban J connectivity index is 2.23. The molecule has 0 radical (unpaired) electrons. The fourth-order valence-corrected chi connectivity index (χ4v) is 3.51. The van der Waals surface area contributed by atoms with Crippen LogP contribution in [0.25, 0.3) is 0 Å². The highest BCUT2D eigenvalue weighted by Gasteiger charge is 2.29. The van der Waals surface area contributed by atoms with Crippen LogP contribution in [0.3, 0.4) is 0 Å². The third-order valence-electron chi connectivity index (χ3n) is 2.84. The summed E-state index contributed by atoms with van der Waals surface area (Å²) in [7, 11) is -1.12. The Labute approximate surface area is 101 Å². The van der Waals surface area contributed by atoms with Gasteiger partial charge < -0.3 is 10.2 Å². The van der Waals surface area contributed by atoms with Crippen LogP contribution in [0, 0.1) is 0 Å². The number of sulfone groups is 1. The molecule has 6 nitrogen and oxygen atoms in total. The number of rotatable bonds is 2. The van der Waals surface area contributed by atoms with Gasteiger partial charge in [-0.15, -0.1) is 0 Å². The van der Waals surface area contributed by atoms with E-state index in [9.17, 15) is 8.42 Å². The highest BCUT2D eigenvalue weighted by Crippen LogP contribution is 2.19. The first kappa shape index (κ1) is 12.1. The molecule has 0 spiro atoms. The molecule has 1 aromatic rings. The van der Waals surface area contributed by atoms with Crippen molar-refractivity contribution in [3.8, 4) is 0 Å². The van der Waals surface area contributed by atoms with Crippen molar-refractivity contribution in [2.45, 2.75) is 13.0 Å². The van der Waals surface area contributed by atoms with Crippen molar-refractivity contribution in [2.24, 2.45) is 0 Å². The largest absolute Gasteiger partial charge is 0.372 e. The lowest BCUT2D eigenvalue weighted by atomic mass is 10.3. The zero-order valence-corrected chi connectivity index (χ0v) is 10.7. The second-order valence-electron chi connectivity index (χ2n) is 4.17. The van der Waals surface area contributed by atoms with E-state index in [2.05, 4.69) is 15.3 Å². The minimum Gasteiger partial charge on any atom is -0.372 e. The molecule has 1 atom stereocenters. The molecule has 2 rings (SSSR count). The van der Waals surface area contributed by atoms with Crippen LogP contribution in [-0.4, -0.2) is 49.5 Å². The average Bonchev–Trinajstić information content (AvgIpc) is 2.28. The van der Waals surface area contributed by atoms with Gasteiger partial charge in [0.05, 0.1) is 23.9 Å². The third kappa shape index (κ3) is 2.66. The van der Waals surface area contributed by atoms with Crippen molar-refractivity contribution in [2.75, 3.05) is 35.3 Å². The van der Waals surface area contributed by atoms with E-state index in [0.717, 1.165) is 5.82 Å². The van der Waals surface area contributed by atoms with Gasteiger partial charge in [-0.2, -0.15) is 0 Å². The van der Waals surface area contributed by atoms with Crippen LogP contribution >= 0.6 is 0 Å². The number of hydrogen-bond acceptors (Lipinski definition) is 6. The second kappa shape index (κ2) is 4.48. The van der Waals surface area contributed by atoms with Gasteiger partial charge in [0.15, 0.2) is 9.84 Å². The lowest BCUT2D eigenvalue weighted by Crippen LogP contribution is -2.47. The summed E-state index contributed by atoms with van der Waals surface area (Å²) in [6.07, 6.45) is 3.30. The average molecular weight is 256 g/mol. The number of nitrogens with zero attached hydrogens (tertiary/aromatic N) is 3. The first-order chi connectivity index (χ1) is 8.02. The summed E-state index contributed by atoms with van der Waals surface area (Å²) >= 11 is 0. The van der Waals surface area contributed by atoms with Crippen LogP contribution in [0.15, 0.2) is 12.4 Å². The highest BCUT2D eigenvalue weighted by molar-refractivity contribution is 7.91. The number of hydrogen-bond donors (Lipinski definition) is 1. The molecule has 1 aromatic heterocycles. The molecule has 7 heteroatoms. The summed E-state index contributed by atoms with van der Waals surface area (Å²) in [6.45, 7) is 2.37. The monoisotopic (exact) mass is 256 g/mol. The molecule has 1 saturated heterocycles. The smallest absolute Gasteiger partial charge is 0.154 e. The predicted molar refractivity (Wildman–Crippen MR) is 67.0 cm³/mol. The van der Waals surface area contributed by atoms with E-state index in [-0.39, 0.29) is 17.5 Å². The molecule has 17 heavy (non-hydrogen) atoms. The van der Waals surface area contributed by atoms with E-state index in [1.807, 2.05) is 11.8 Å². The van der Waals surface area contributed by atoms with Crippen molar-refractivity contribution in [1.29, 1.82) is 0 Å². The number of nitrogens with one attached hydrogen (secondary N) is 1. The molecule has 1 N–H and O–H groups in total. The number of aromatic nitrogens is 2. The molecule has 1 unspecified atom stereocenters. The molecule has 0 saturated carbocycles. The van der Waals surface area contributed by atoms with Crippen LogP contribution in [0.5, 0.6) is 0 Å². The van der Waals surface area contributed by atoms with Crippen LogP contribution in [0.2, 0.25) is 0 Å². The Morgan fingerprint density at radius 1 is 1.47 bits per heavy atom. The Kier molecular flexibility index (Phi) is 3.19. The zero-order valence-electron chi connectivity index (χ0n) is 9.92. The van der Waals surface area contributed by atoms with E-state index in [1.165, 1.54) is 0 Å². The fourth-order valence-electron chi connectivity index (χ4n) is 1.95. The highest BCUT2D eigenvalue weighted by atomic mass is 32.2. The molecular weight excluding hydrogens is 240 g/mol. The van der Waals surface area contributed by atoms with Gasteiger partial charge in [0, 0.05) is 19.6 Å². The Hall–Kier alpha value is -1.37. The molecule has 0 aliphatic carbocycles. The van der Waals surface area contributed by atoms with Gasteiger partial charge in [-0.05, 0) is 6.92 Å². The summed E-state index contributed by atoms with van der Waals surface area (Å²) in [4.78, 5) is 10.4. The van der Waals surface area contributed by atoms with E-state index in [1.54, 1.807) is 19.4 Å². The van der Waals surface area contributed by atoms with Crippen LogP contribution < -0.4 is 10.2 Å². The lowest BCUT2D eigenvalue weighted by Gasteiger charge is -2.33. The van der Waals surface area contributed by atoms with Crippen LogP contribution in [0.4, 0.5) is 11.6 Å². The minimum absolute atomic E-state index is 0.0600. The van der Waals surface area contributed by atoms with E-state index in [4.69, 9.17) is 0 Å². The van der Waals surface area contributed by atoms with E-state index in [0.29, 0.717) is 12.4 Å². The maximum Gasteiger partial charge on any atom is 0.154 e. The quantitative estimate of drug-likeness (QED) is 0.811. The normalized spacial score (nSPS) is 23.4. The fraction of sp³-hybridized carbons (Fsp3) is 0.600. The lowest BCUT2D eigenvalue weighted by molar-refractivity contribution is 0.566. The topological polar surface area (TPSA) is 75.2 Å². The molecule has 1 aliphatic heterocycles. The molecule has 0 bridgehead atoms. The molecule has 2 heterocycles. The van der Waals surface area contributed by atoms with Crippen molar-refractivity contribution in [3.63, 3.8) is 0 Å². The third-order valence-corrected chi connectivity index (χ3v) is 4.64. The second-order valence-corrected chi connectivity index (χ2v) is 6.40. The summed E-state index contributed by atoms with van der Waals surface area (Å²) in [5, 5.41) is 2.92. The molecule has 0 amide bonds. The summed E-state index contributed by atoms with van der Waals surface area (Å²) in [6, 6.07) is -0.0600. The van der Waals surface area contributed by atoms with E-state index >= 15 is 0 Å². The van der Waals surface area contributed by atoms with E-state index < -0.39 is 9.84 Å². The van der Waals surface area contributed by atoms with Gasteiger partial charge in [0.2, 0.25) is 0 Å². The Bertz CT molecular complexity index is 503. The molecule has 94 valence electrons. The minimum atomic E-state index is -2.89. The van der Waals surface area contributed by atoms with Gasteiger partial charge in [-0.3, -0.25) is 4.98 Å². The first-order valence-corrected chi connectivity index (χ1v) is 7.31. The van der Waals surface area contributed by atoms with Crippen molar-refractivity contribution >= 4 is 21.5 Å². The van der Waals surface area contributed by atoms with Crippen LogP contribution in [-0.2, 0) is 9.84 Å². The Morgan fingerprint density at radius 2 is 2.24 bits per heavy atom. The summed E-state index contributed by atoms with van der Waals surface area (Å²) in [5.41, 5.74) is 0. The number of anilines is 2.